The normalized spacial score (nSPS) is 33.3. The van der Waals surface area contributed by atoms with E-state index in [4.69, 9.17) is 5.73 Å². The highest BCUT2D eigenvalue weighted by Gasteiger charge is 2.45. The second-order valence-corrected chi connectivity index (χ2v) is 6.09. The Morgan fingerprint density at radius 2 is 2.07 bits per heavy atom. The lowest BCUT2D eigenvalue weighted by Crippen LogP contribution is -2.50. The van der Waals surface area contributed by atoms with Crippen LogP contribution in [-0.2, 0) is 4.79 Å². The Morgan fingerprint density at radius 1 is 1.53 bits per heavy atom. The van der Waals surface area contributed by atoms with Crippen molar-refractivity contribution >= 4 is 5.91 Å². The van der Waals surface area contributed by atoms with Crippen LogP contribution in [0, 0.1) is 5.41 Å². The monoisotopic (exact) mass is 212 g/mol. The Kier molecular flexibility index (Phi) is 3.15. The molecule has 1 rings (SSSR count). The van der Waals surface area contributed by atoms with E-state index >= 15 is 0 Å². The Morgan fingerprint density at radius 3 is 2.33 bits per heavy atom. The maximum absolute atomic E-state index is 11.4. The highest BCUT2D eigenvalue weighted by Crippen LogP contribution is 2.40. The highest BCUT2D eigenvalue weighted by atomic mass is 16.1. The molecule has 2 atom stereocenters. The third-order valence-corrected chi connectivity index (χ3v) is 3.66. The van der Waals surface area contributed by atoms with Gasteiger partial charge in [0.05, 0.1) is 6.04 Å². The number of hydrogen-bond acceptors (Lipinski definition) is 2. The first-order chi connectivity index (χ1) is 6.69. The van der Waals surface area contributed by atoms with E-state index in [9.17, 15) is 4.79 Å². The van der Waals surface area contributed by atoms with Crippen LogP contribution >= 0.6 is 0 Å². The summed E-state index contributed by atoms with van der Waals surface area (Å²) in [5.74, 6) is -0.179. The van der Waals surface area contributed by atoms with Gasteiger partial charge in [-0.2, -0.15) is 0 Å². The summed E-state index contributed by atoms with van der Waals surface area (Å²) < 4.78 is 0. The quantitative estimate of drug-likeness (QED) is 0.758. The number of likely N-dealkylation sites (tertiary alicyclic amines) is 1. The predicted molar refractivity (Wildman–Crippen MR) is 62.5 cm³/mol. The first-order valence-electron chi connectivity index (χ1n) is 5.76. The average molecular weight is 212 g/mol. The fourth-order valence-corrected chi connectivity index (χ4v) is 2.38. The molecule has 2 N–H and O–H groups in total. The largest absolute Gasteiger partial charge is 0.368 e. The third kappa shape index (κ3) is 2.51. The number of hydrogen-bond donors (Lipinski definition) is 1. The molecule has 1 fully saturated rings. The van der Waals surface area contributed by atoms with Crippen molar-refractivity contribution in [2.24, 2.45) is 11.1 Å². The van der Waals surface area contributed by atoms with E-state index in [-0.39, 0.29) is 22.9 Å². The molecule has 1 heterocycles. The van der Waals surface area contributed by atoms with E-state index in [1.165, 1.54) is 0 Å². The minimum atomic E-state index is -0.179. The molecule has 0 bridgehead atoms. The van der Waals surface area contributed by atoms with Gasteiger partial charge in [0.15, 0.2) is 0 Å². The molecule has 0 aromatic rings. The van der Waals surface area contributed by atoms with Crippen LogP contribution < -0.4 is 5.73 Å². The van der Waals surface area contributed by atoms with Crippen LogP contribution in [0.1, 0.15) is 47.5 Å². The van der Waals surface area contributed by atoms with Crippen molar-refractivity contribution in [3.05, 3.63) is 0 Å². The first kappa shape index (κ1) is 12.5. The molecule has 0 aromatic carbocycles. The lowest BCUT2D eigenvalue weighted by atomic mass is 9.85. The van der Waals surface area contributed by atoms with Gasteiger partial charge in [0.1, 0.15) is 0 Å². The maximum atomic E-state index is 11.4. The molecule has 1 saturated heterocycles. The standard InChI is InChI=1S/C12H24N2O/c1-6-12(5)7-9(10(13)15)14(8-12)11(2,3)4/h9H,6-8H2,1-5H3,(H2,13,15). The molecule has 0 aliphatic carbocycles. The fraction of sp³-hybridized carbons (Fsp3) is 0.917. The van der Waals surface area contributed by atoms with E-state index in [0.717, 1.165) is 19.4 Å². The molecule has 0 aromatic heterocycles. The molecule has 88 valence electrons. The van der Waals surface area contributed by atoms with E-state index in [1.807, 2.05) is 0 Å². The molecule has 1 aliphatic rings. The van der Waals surface area contributed by atoms with Crippen LogP contribution in [-0.4, -0.2) is 28.9 Å². The SMILES string of the molecule is CCC1(C)CC(C(N)=O)N(C(C)(C)C)C1. The minimum Gasteiger partial charge on any atom is -0.368 e. The van der Waals surface area contributed by atoms with Crippen molar-refractivity contribution in [3.63, 3.8) is 0 Å². The Bertz CT molecular complexity index is 257. The second kappa shape index (κ2) is 3.78. The van der Waals surface area contributed by atoms with Crippen LogP contribution in [0.3, 0.4) is 0 Å². The molecular formula is C12H24N2O. The third-order valence-electron chi connectivity index (χ3n) is 3.66. The van der Waals surface area contributed by atoms with Crippen molar-refractivity contribution in [1.29, 1.82) is 0 Å². The molecule has 0 saturated carbocycles. The molecule has 2 unspecified atom stereocenters. The molecule has 1 amide bonds. The predicted octanol–water partition coefficient (Wildman–Crippen LogP) is 1.76. The summed E-state index contributed by atoms with van der Waals surface area (Å²) in [5, 5.41) is 0. The summed E-state index contributed by atoms with van der Waals surface area (Å²) in [6, 6.07) is -0.0880. The summed E-state index contributed by atoms with van der Waals surface area (Å²) in [6.07, 6.45) is 2.00. The maximum Gasteiger partial charge on any atom is 0.234 e. The molecule has 0 radical (unpaired) electrons. The Balaban J connectivity index is 2.91. The molecule has 1 aliphatic heterocycles. The second-order valence-electron chi connectivity index (χ2n) is 6.09. The van der Waals surface area contributed by atoms with E-state index in [2.05, 4.69) is 39.5 Å². The zero-order chi connectivity index (χ0) is 11.9. The lowest BCUT2D eigenvalue weighted by Gasteiger charge is -2.36. The van der Waals surface area contributed by atoms with Crippen molar-refractivity contribution in [2.45, 2.75) is 59.0 Å². The Hall–Kier alpha value is -0.570. The molecule has 3 heteroatoms. The van der Waals surface area contributed by atoms with Gasteiger partial charge in [-0.05, 0) is 39.0 Å². The number of amides is 1. The topological polar surface area (TPSA) is 46.3 Å². The van der Waals surface area contributed by atoms with E-state index < -0.39 is 0 Å². The van der Waals surface area contributed by atoms with Gasteiger partial charge in [-0.15, -0.1) is 0 Å². The van der Waals surface area contributed by atoms with Crippen molar-refractivity contribution in [1.82, 2.24) is 4.90 Å². The van der Waals surface area contributed by atoms with Crippen molar-refractivity contribution < 1.29 is 4.79 Å². The average Bonchev–Trinajstić information content (AvgIpc) is 2.44. The summed E-state index contributed by atoms with van der Waals surface area (Å²) in [4.78, 5) is 13.7. The summed E-state index contributed by atoms with van der Waals surface area (Å²) >= 11 is 0. The summed E-state index contributed by atoms with van der Waals surface area (Å²) in [7, 11) is 0. The van der Waals surface area contributed by atoms with Gasteiger partial charge in [-0.3, -0.25) is 9.69 Å². The van der Waals surface area contributed by atoms with E-state index in [1.54, 1.807) is 0 Å². The smallest absolute Gasteiger partial charge is 0.234 e. The van der Waals surface area contributed by atoms with Crippen molar-refractivity contribution in [2.75, 3.05) is 6.54 Å². The number of carbonyl (C=O) groups excluding carboxylic acids is 1. The number of nitrogens with zero attached hydrogens (tertiary/aromatic N) is 1. The molecule has 3 nitrogen and oxygen atoms in total. The Labute approximate surface area is 93.0 Å². The summed E-state index contributed by atoms with van der Waals surface area (Å²) in [5.41, 5.74) is 5.74. The van der Waals surface area contributed by atoms with Gasteiger partial charge in [-0.25, -0.2) is 0 Å². The van der Waals surface area contributed by atoms with Crippen LogP contribution in [0.4, 0.5) is 0 Å². The van der Waals surface area contributed by atoms with Gasteiger partial charge in [0.25, 0.3) is 0 Å². The number of carbonyl (C=O) groups is 1. The summed E-state index contributed by atoms with van der Waals surface area (Å²) in [6.45, 7) is 11.8. The van der Waals surface area contributed by atoms with Crippen LogP contribution in [0.2, 0.25) is 0 Å². The van der Waals surface area contributed by atoms with Gasteiger partial charge in [0.2, 0.25) is 5.91 Å². The molecular weight excluding hydrogens is 188 g/mol. The van der Waals surface area contributed by atoms with Crippen LogP contribution in [0.25, 0.3) is 0 Å². The lowest BCUT2D eigenvalue weighted by molar-refractivity contribution is -0.123. The van der Waals surface area contributed by atoms with Crippen LogP contribution in [0.15, 0.2) is 0 Å². The number of nitrogens with two attached hydrogens (primary N) is 1. The molecule has 15 heavy (non-hydrogen) atoms. The van der Waals surface area contributed by atoms with Crippen molar-refractivity contribution in [3.8, 4) is 0 Å². The number of rotatable bonds is 2. The van der Waals surface area contributed by atoms with Gasteiger partial charge in [0, 0.05) is 12.1 Å². The molecule has 0 spiro atoms. The minimum absolute atomic E-state index is 0.0205. The van der Waals surface area contributed by atoms with Crippen LogP contribution in [0.5, 0.6) is 0 Å². The zero-order valence-electron chi connectivity index (χ0n) is 10.6. The number of primary amides is 1. The zero-order valence-corrected chi connectivity index (χ0v) is 10.6. The van der Waals surface area contributed by atoms with Gasteiger partial charge >= 0.3 is 0 Å². The first-order valence-corrected chi connectivity index (χ1v) is 5.76. The van der Waals surface area contributed by atoms with E-state index in [0.29, 0.717) is 0 Å². The highest BCUT2D eigenvalue weighted by molar-refractivity contribution is 5.80. The van der Waals surface area contributed by atoms with Gasteiger partial charge in [-0.1, -0.05) is 13.8 Å². The van der Waals surface area contributed by atoms with Gasteiger partial charge < -0.3 is 5.73 Å². The fourth-order valence-electron chi connectivity index (χ4n) is 2.38.